The molecule has 0 bridgehead atoms. The summed E-state index contributed by atoms with van der Waals surface area (Å²) in [5, 5.41) is 7.40. The van der Waals surface area contributed by atoms with Gasteiger partial charge in [0.25, 0.3) is 5.91 Å². The van der Waals surface area contributed by atoms with Gasteiger partial charge in [-0.05, 0) is 36.4 Å². The molecule has 0 saturated carbocycles. The number of thiazole rings is 1. The van der Waals surface area contributed by atoms with Crippen molar-refractivity contribution in [3.05, 3.63) is 52.7 Å². The van der Waals surface area contributed by atoms with Crippen LogP contribution in [0.1, 0.15) is 23.2 Å². The predicted octanol–water partition coefficient (Wildman–Crippen LogP) is 4.68. The fraction of sp³-hybridized carbons (Fsp3) is 0.263. The third-order valence-corrected chi connectivity index (χ3v) is 5.73. The highest BCUT2D eigenvalue weighted by atomic mass is 32.1. The Bertz CT molecular complexity index is 871. The largest absolute Gasteiger partial charge is 0.490 e. The van der Waals surface area contributed by atoms with Crippen molar-refractivity contribution in [3.63, 3.8) is 0 Å². The summed E-state index contributed by atoms with van der Waals surface area (Å²) in [5.41, 5.74) is 1.38. The molecular formula is C19H18N2O3S2. The molecule has 0 spiro atoms. The standard InChI is InChI=1S/C19H18N2O3S2/c22-18(21-19-20-15(12-26-19)17-8-4-10-25-17)14-6-1-2-7-16(14)24-11-13-5-3-9-23-13/h1-2,4,6-8,10,12-13H,3,5,9,11H2,(H,20,21,22). The van der Waals surface area contributed by atoms with Crippen LogP contribution < -0.4 is 10.1 Å². The van der Waals surface area contributed by atoms with E-state index >= 15 is 0 Å². The van der Waals surface area contributed by atoms with Crippen molar-refractivity contribution < 1.29 is 14.3 Å². The van der Waals surface area contributed by atoms with E-state index in [1.807, 2.05) is 41.1 Å². The molecule has 4 rings (SSSR count). The zero-order valence-corrected chi connectivity index (χ0v) is 15.6. The maximum Gasteiger partial charge on any atom is 0.261 e. The lowest BCUT2D eigenvalue weighted by Gasteiger charge is -2.14. The van der Waals surface area contributed by atoms with Crippen LogP contribution in [0.4, 0.5) is 5.13 Å². The number of hydrogen-bond donors (Lipinski definition) is 1. The minimum atomic E-state index is -0.222. The minimum absolute atomic E-state index is 0.110. The Labute approximate surface area is 159 Å². The first-order chi connectivity index (χ1) is 12.8. The lowest BCUT2D eigenvalue weighted by atomic mass is 10.2. The third kappa shape index (κ3) is 3.95. The Balaban J connectivity index is 1.44. The van der Waals surface area contributed by atoms with E-state index in [0.29, 0.717) is 23.1 Å². The summed E-state index contributed by atoms with van der Waals surface area (Å²) in [7, 11) is 0. The van der Waals surface area contributed by atoms with Crippen LogP contribution in [0.5, 0.6) is 5.75 Å². The Morgan fingerprint density at radius 1 is 1.27 bits per heavy atom. The maximum absolute atomic E-state index is 12.7. The first-order valence-electron chi connectivity index (χ1n) is 8.44. The Hall–Kier alpha value is -2.22. The number of benzene rings is 1. The molecule has 3 heterocycles. The Morgan fingerprint density at radius 3 is 3.00 bits per heavy atom. The predicted molar refractivity (Wildman–Crippen MR) is 104 cm³/mol. The monoisotopic (exact) mass is 386 g/mol. The van der Waals surface area contributed by atoms with Crippen LogP contribution in [0.25, 0.3) is 10.6 Å². The van der Waals surface area contributed by atoms with Crippen molar-refractivity contribution in [1.82, 2.24) is 4.98 Å². The molecule has 2 aromatic heterocycles. The number of carbonyl (C=O) groups excluding carboxylic acids is 1. The maximum atomic E-state index is 12.7. The summed E-state index contributed by atoms with van der Waals surface area (Å²) in [5.74, 6) is 0.343. The van der Waals surface area contributed by atoms with Crippen LogP contribution in [0, 0.1) is 0 Å². The van der Waals surface area contributed by atoms with E-state index in [2.05, 4.69) is 10.3 Å². The summed E-state index contributed by atoms with van der Waals surface area (Å²) < 4.78 is 11.4. The van der Waals surface area contributed by atoms with Crippen LogP contribution in [0.15, 0.2) is 47.2 Å². The SMILES string of the molecule is O=C(Nc1nc(-c2cccs2)cs1)c1ccccc1OCC1CCCO1. The van der Waals surface area contributed by atoms with Gasteiger partial charge in [-0.1, -0.05) is 18.2 Å². The summed E-state index contributed by atoms with van der Waals surface area (Å²) in [6.07, 6.45) is 2.17. The fourth-order valence-corrected chi connectivity index (χ4v) is 4.24. The average Bonchev–Trinajstić information content (AvgIpc) is 3.41. The van der Waals surface area contributed by atoms with E-state index in [-0.39, 0.29) is 12.0 Å². The topological polar surface area (TPSA) is 60.5 Å². The second kappa shape index (κ2) is 7.99. The molecule has 1 atom stereocenters. The number of nitrogens with one attached hydrogen (secondary N) is 1. The lowest BCUT2D eigenvalue weighted by molar-refractivity contribution is 0.0673. The number of ether oxygens (including phenoxy) is 2. The van der Waals surface area contributed by atoms with Crippen LogP contribution >= 0.6 is 22.7 Å². The molecule has 1 amide bonds. The van der Waals surface area contributed by atoms with Crippen molar-refractivity contribution in [2.24, 2.45) is 0 Å². The second-order valence-electron chi connectivity index (χ2n) is 5.91. The van der Waals surface area contributed by atoms with Gasteiger partial charge in [0.1, 0.15) is 12.4 Å². The number of thiophene rings is 1. The average molecular weight is 386 g/mol. The van der Waals surface area contributed by atoms with Crippen molar-refractivity contribution in [3.8, 4) is 16.3 Å². The van der Waals surface area contributed by atoms with E-state index in [9.17, 15) is 4.79 Å². The molecule has 7 heteroatoms. The first kappa shape index (κ1) is 17.2. The minimum Gasteiger partial charge on any atom is -0.490 e. The van der Waals surface area contributed by atoms with Gasteiger partial charge in [-0.25, -0.2) is 4.98 Å². The normalized spacial score (nSPS) is 16.5. The molecule has 5 nitrogen and oxygen atoms in total. The molecule has 1 fully saturated rings. The number of nitrogens with zero attached hydrogens (tertiary/aromatic N) is 1. The number of carbonyl (C=O) groups is 1. The smallest absolute Gasteiger partial charge is 0.261 e. The summed E-state index contributed by atoms with van der Waals surface area (Å²) in [6, 6.07) is 11.3. The molecule has 0 aliphatic carbocycles. The second-order valence-corrected chi connectivity index (χ2v) is 7.72. The zero-order chi connectivity index (χ0) is 17.8. The number of anilines is 1. The van der Waals surface area contributed by atoms with Gasteiger partial charge in [-0.3, -0.25) is 10.1 Å². The number of para-hydroxylation sites is 1. The molecular weight excluding hydrogens is 368 g/mol. The highest BCUT2D eigenvalue weighted by Crippen LogP contribution is 2.29. The van der Waals surface area contributed by atoms with Crippen molar-refractivity contribution in [1.29, 1.82) is 0 Å². The molecule has 26 heavy (non-hydrogen) atoms. The van der Waals surface area contributed by atoms with Gasteiger partial charge in [0.2, 0.25) is 0 Å². The summed E-state index contributed by atoms with van der Waals surface area (Å²) in [6.45, 7) is 1.25. The van der Waals surface area contributed by atoms with E-state index in [1.54, 1.807) is 17.4 Å². The van der Waals surface area contributed by atoms with Gasteiger partial charge in [-0.15, -0.1) is 22.7 Å². The zero-order valence-electron chi connectivity index (χ0n) is 14.0. The van der Waals surface area contributed by atoms with Crippen molar-refractivity contribution in [2.75, 3.05) is 18.5 Å². The van der Waals surface area contributed by atoms with Crippen LogP contribution in [0.3, 0.4) is 0 Å². The quantitative estimate of drug-likeness (QED) is 0.668. The van der Waals surface area contributed by atoms with Gasteiger partial charge in [0.05, 0.1) is 22.2 Å². The molecule has 1 aromatic carbocycles. The van der Waals surface area contributed by atoms with Crippen molar-refractivity contribution in [2.45, 2.75) is 18.9 Å². The van der Waals surface area contributed by atoms with Crippen LogP contribution in [0.2, 0.25) is 0 Å². The number of aromatic nitrogens is 1. The van der Waals surface area contributed by atoms with Crippen molar-refractivity contribution >= 4 is 33.7 Å². The van der Waals surface area contributed by atoms with Gasteiger partial charge in [-0.2, -0.15) is 0 Å². The van der Waals surface area contributed by atoms with Gasteiger partial charge < -0.3 is 9.47 Å². The van der Waals surface area contributed by atoms with E-state index in [4.69, 9.17) is 9.47 Å². The lowest BCUT2D eigenvalue weighted by Crippen LogP contribution is -2.19. The number of amides is 1. The van der Waals surface area contributed by atoms with E-state index < -0.39 is 0 Å². The van der Waals surface area contributed by atoms with Gasteiger partial charge in [0, 0.05) is 12.0 Å². The molecule has 1 saturated heterocycles. The summed E-state index contributed by atoms with van der Waals surface area (Å²) in [4.78, 5) is 18.3. The Morgan fingerprint density at radius 2 is 2.19 bits per heavy atom. The van der Waals surface area contributed by atoms with Gasteiger partial charge in [0.15, 0.2) is 5.13 Å². The van der Waals surface area contributed by atoms with E-state index in [1.165, 1.54) is 11.3 Å². The molecule has 1 aliphatic rings. The molecule has 3 aromatic rings. The highest BCUT2D eigenvalue weighted by molar-refractivity contribution is 7.16. The summed E-state index contributed by atoms with van der Waals surface area (Å²) >= 11 is 3.04. The van der Waals surface area contributed by atoms with Crippen LogP contribution in [-0.4, -0.2) is 30.2 Å². The molecule has 134 valence electrons. The Kier molecular flexibility index (Phi) is 5.29. The molecule has 1 N–H and O–H groups in total. The fourth-order valence-electron chi connectivity index (χ4n) is 2.77. The first-order valence-corrected chi connectivity index (χ1v) is 10.2. The van der Waals surface area contributed by atoms with E-state index in [0.717, 1.165) is 30.0 Å². The molecule has 0 radical (unpaired) electrons. The molecule has 1 unspecified atom stereocenters. The van der Waals surface area contributed by atoms with Crippen LogP contribution in [-0.2, 0) is 4.74 Å². The van der Waals surface area contributed by atoms with Gasteiger partial charge >= 0.3 is 0 Å². The highest BCUT2D eigenvalue weighted by Gasteiger charge is 2.19. The molecule has 1 aliphatic heterocycles. The number of hydrogen-bond acceptors (Lipinski definition) is 6. The number of rotatable bonds is 6. The third-order valence-electron chi connectivity index (χ3n) is 4.08.